The summed E-state index contributed by atoms with van der Waals surface area (Å²) in [5, 5.41) is 25.6. The zero-order valence-corrected chi connectivity index (χ0v) is 12.8. The maximum absolute atomic E-state index is 11.6. The average molecular weight is 327 g/mol. The molecule has 2 aromatic rings. The molecule has 0 bridgehead atoms. The van der Waals surface area contributed by atoms with E-state index in [2.05, 4.69) is 20.4 Å². The second kappa shape index (κ2) is 5.61. The van der Waals surface area contributed by atoms with Crippen molar-refractivity contribution in [2.75, 3.05) is 5.32 Å². The van der Waals surface area contributed by atoms with Gasteiger partial charge in [0.15, 0.2) is 11.7 Å². The van der Waals surface area contributed by atoms with Crippen LogP contribution in [0.5, 0.6) is 5.75 Å². The molecule has 0 saturated heterocycles. The number of hydrogen-bond donors (Lipinski definition) is 3. The summed E-state index contributed by atoms with van der Waals surface area (Å²) in [5.41, 5.74) is 0.952. The van der Waals surface area contributed by atoms with Gasteiger partial charge in [-0.05, 0) is 26.0 Å². The van der Waals surface area contributed by atoms with Gasteiger partial charge in [-0.25, -0.2) is 14.8 Å². The first kappa shape index (κ1) is 15.4. The number of phenols is 1. The third kappa shape index (κ3) is 2.41. The van der Waals surface area contributed by atoms with E-state index in [1.807, 2.05) is 0 Å². The van der Waals surface area contributed by atoms with E-state index in [1.54, 1.807) is 13.8 Å². The van der Waals surface area contributed by atoms with E-state index in [0.29, 0.717) is 23.6 Å². The standard InChI is InChI=1S/C15H13N5O4/c1-7-12(15(23)24)14(20-13(7)17-8(2)19-20)18-10-4-3-9(22)5-11(10)16-6-21/h3-6,22H,1-2H3,(H,16,21)(H,23,24). The lowest BCUT2D eigenvalue weighted by molar-refractivity contribution is -0.132. The molecule has 9 nitrogen and oxygen atoms in total. The van der Waals surface area contributed by atoms with E-state index in [0.717, 1.165) is 0 Å². The molecule has 0 fully saturated rings. The Bertz CT molecular complexity index is 926. The summed E-state index contributed by atoms with van der Waals surface area (Å²) in [5.74, 6) is -0.224. The maximum Gasteiger partial charge on any atom is 0.339 e. The van der Waals surface area contributed by atoms with E-state index in [9.17, 15) is 19.8 Å². The van der Waals surface area contributed by atoms with Crippen LogP contribution in [-0.4, -0.2) is 43.2 Å². The fraction of sp³-hybridized carbons (Fsp3) is 0.133. The Kier molecular flexibility index (Phi) is 3.60. The van der Waals surface area contributed by atoms with E-state index in [4.69, 9.17) is 0 Å². The number of aryl methyl sites for hydroxylation is 1. The van der Waals surface area contributed by atoms with Crippen molar-refractivity contribution in [1.82, 2.24) is 14.8 Å². The topological polar surface area (TPSA) is 130 Å². The Labute approximate surface area is 136 Å². The predicted octanol–water partition coefficient (Wildman–Crippen LogP) is 1.31. The zero-order chi connectivity index (χ0) is 17.4. The second-order valence-corrected chi connectivity index (χ2v) is 5.10. The van der Waals surface area contributed by atoms with E-state index in [-0.39, 0.29) is 28.5 Å². The highest BCUT2D eigenvalue weighted by Gasteiger charge is 2.33. The van der Waals surface area contributed by atoms with E-state index < -0.39 is 5.97 Å². The molecule has 0 aliphatic carbocycles. The highest BCUT2D eigenvalue weighted by Crippen LogP contribution is 2.32. The largest absolute Gasteiger partial charge is 0.508 e. The van der Waals surface area contributed by atoms with Crippen molar-refractivity contribution in [3.05, 3.63) is 35.4 Å². The molecule has 0 spiro atoms. The van der Waals surface area contributed by atoms with Gasteiger partial charge in [-0.15, -0.1) is 5.10 Å². The van der Waals surface area contributed by atoms with Crippen LogP contribution >= 0.6 is 0 Å². The van der Waals surface area contributed by atoms with Crippen LogP contribution in [0.1, 0.15) is 18.6 Å². The molecule has 122 valence electrons. The van der Waals surface area contributed by atoms with Crippen molar-refractivity contribution in [3.63, 3.8) is 0 Å². The second-order valence-electron chi connectivity index (χ2n) is 5.10. The number of fused-ring (bicyclic) bond motifs is 1. The zero-order valence-electron chi connectivity index (χ0n) is 12.8. The van der Waals surface area contributed by atoms with Crippen LogP contribution in [0.2, 0.25) is 0 Å². The molecule has 1 aromatic heterocycles. The molecular weight excluding hydrogens is 314 g/mol. The fourth-order valence-electron chi connectivity index (χ4n) is 2.46. The summed E-state index contributed by atoms with van der Waals surface area (Å²) in [6.45, 7) is 3.32. The van der Waals surface area contributed by atoms with Crippen LogP contribution in [0.25, 0.3) is 5.57 Å². The third-order valence-corrected chi connectivity index (χ3v) is 3.48. The maximum atomic E-state index is 11.6. The minimum Gasteiger partial charge on any atom is -0.508 e. The lowest BCUT2D eigenvalue weighted by atomic mass is 10.1. The van der Waals surface area contributed by atoms with Gasteiger partial charge < -0.3 is 15.5 Å². The van der Waals surface area contributed by atoms with Gasteiger partial charge >= 0.3 is 5.97 Å². The normalized spacial score (nSPS) is 14.8. The molecule has 24 heavy (non-hydrogen) atoms. The number of nitrogens with one attached hydrogen (secondary N) is 1. The number of rotatable bonds is 4. The number of carbonyl (C=O) groups excluding carboxylic acids is 1. The molecule has 9 heteroatoms. The van der Waals surface area contributed by atoms with Crippen LogP contribution in [0.4, 0.5) is 11.4 Å². The average Bonchev–Trinajstić information content (AvgIpc) is 3.00. The first-order valence-corrected chi connectivity index (χ1v) is 6.93. The molecule has 0 saturated carbocycles. The molecular formula is C15H13N5O4. The minimum atomic E-state index is -1.15. The number of phenolic OH excluding ortho intramolecular Hbond substituents is 1. The number of benzene rings is 1. The lowest BCUT2D eigenvalue weighted by Gasteiger charge is -2.07. The van der Waals surface area contributed by atoms with Gasteiger partial charge in [0.05, 0.1) is 11.4 Å². The van der Waals surface area contributed by atoms with Crippen LogP contribution in [-0.2, 0) is 9.59 Å². The van der Waals surface area contributed by atoms with Gasteiger partial charge in [-0.1, -0.05) is 0 Å². The van der Waals surface area contributed by atoms with Gasteiger partial charge in [0.2, 0.25) is 6.41 Å². The molecule has 1 aliphatic heterocycles. The smallest absolute Gasteiger partial charge is 0.339 e. The van der Waals surface area contributed by atoms with Crippen molar-refractivity contribution in [3.8, 4) is 5.75 Å². The Hall–Kier alpha value is -3.49. The quantitative estimate of drug-likeness (QED) is 0.726. The number of amides is 1. The number of aliphatic imine (C=N–C) groups is 1. The Balaban J connectivity index is 2.22. The van der Waals surface area contributed by atoms with Crippen LogP contribution in [0, 0.1) is 6.92 Å². The van der Waals surface area contributed by atoms with Gasteiger partial charge in [0.25, 0.3) is 0 Å². The van der Waals surface area contributed by atoms with Gasteiger partial charge in [0.1, 0.15) is 17.1 Å². The summed E-state index contributed by atoms with van der Waals surface area (Å²) >= 11 is 0. The SMILES string of the molecule is CC1=C(C(=O)O)C(=Nc2ccc(O)cc2NC=O)n2nc(C)nc21. The van der Waals surface area contributed by atoms with Crippen molar-refractivity contribution >= 4 is 35.2 Å². The monoisotopic (exact) mass is 327 g/mol. The molecule has 0 atom stereocenters. The number of allylic oxidation sites excluding steroid dienone is 1. The molecule has 0 radical (unpaired) electrons. The molecule has 0 unspecified atom stereocenters. The van der Waals surface area contributed by atoms with Crippen LogP contribution < -0.4 is 5.32 Å². The van der Waals surface area contributed by atoms with E-state index in [1.165, 1.54) is 22.9 Å². The third-order valence-electron chi connectivity index (χ3n) is 3.48. The predicted molar refractivity (Wildman–Crippen MR) is 85.3 cm³/mol. The lowest BCUT2D eigenvalue weighted by Crippen LogP contribution is -2.17. The summed E-state index contributed by atoms with van der Waals surface area (Å²) in [4.78, 5) is 30.9. The molecule has 3 rings (SSSR count). The summed E-state index contributed by atoms with van der Waals surface area (Å²) in [6.07, 6.45) is 0.442. The number of carboxylic acids is 1. The summed E-state index contributed by atoms with van der Waals surface area (Å²) in [6, 6.07) is 4.16. The van der Waals surface area contributed by atoms with Gasteiger partial charge in [-0.2, -0.15) is 4.68 Å². The Morgan fingerprint density at radius 1 is 1.38 bits per heavy atom. The van der Waals surface area contributed by atoms with Crippen LogP contribution in [0.3, 0.4) is 0 Å². The van der Waals surface area contributed by atoms with Crippen LogP contribution in [0.15, 0.2) is 28.8 Å². The van der Waals surface area contributed by atoms with Crippen molar-refractivity contribution in [2.24, 2.45) is 4.99 Å². The minimum absolute atomic E-state index is 0.0184. The number of aliphatic carboxylic acids is 1. The Morgan fingerprint density at radius 3 is 2.79 bits per heavy atom. The molecule has 1 aromatic carbocycles. The number of nitrogens with zero attached hydrogens (tertiary/aromatic N) is 4. The number of aromatic nitrogens is 3. The molecule has 3 N–H and O–H groups in total. The first-order valence-electron chi connectivity index (χ1n) is 6.93. The number of carboxylic acid groups (broad SMARTS) is 1. The number of anilines is 1. The van der Waals surface area contributed by atoms with Crippen molar-refractivity contribution in [1.29, 1.82) is 0 Å². The number of carbonyl (C=O) groups is 2. The summed E-state index contributed by atoms with van der Waals surface area (Å²) in [7, 11) is 0. The van der Waals surface area contributed by atoms with E-state index >= 15 is 0 Å². The molecule has 2 heterocycles. The number of hydrogen-bond acceptors (Lipinski definition) is 6. The molecule has 1 aliphatic rings. The summed E-state index contributed by atoms with van der Waals surface area (Å²) < 4.78 is 1.35. The highest BCUT2D eigenvalue weighted by molar-refractivity contribution is 6.27. The van der Waals surface area contributed by atoms with Crippen molar-refractivity contribution in [2.45, 2.75) is 13.8 Å². The number of aromatic hydroxyl groups is 1. The Morgan fingerprint density at radius 2 is 2.12 bits per heavy atom. The fourth-order valence-corrected chi connectivity index (χ4v) is 2.46. The molecule has 1 amide bonds. The van der Waals surface area contributed by atoms with Gasteiger partial charge in [0, 0.05) is 11.6 Å². The highest BCUT2D eigenvalue weighted by atomic mass is 16.4. The van der Waals surface area contributed by atoms with Crippen molar-refractivity contribution < 1.29 is 19.8 Å². The first-order chi connectivity index (χ1) is 11.4. The van der Waals surface area contributed by atoms with Gasteiger partial charge in [-0.3, -0.25) is 4.79 Å².